The molecule has 0 bridgehead atoms. The van der Waals surface area contributed by atoms with Crippen molar-refractivity contribution in [2.24, 2.45) is 0 Å². The number of nitrogens with one attached hydrogen (secondary N) is 2. The van der Waals surface area contributed by atoms with E-state index in [4.69, 9.17) is 0 Å². The molecule has 5 nitrogen and oxygen atoms in total. The lowest BCUT2D eigenvalue weighted by Gasteiger charge is -2.25. The molecule has 0 unspecified atom stereocenters. The van der Waals surface area contributed by atoms with Crippen LogP contribution in [-0.2, 0) is 16.1 Å². The van der Waals surface area contributed by atoms with Gasteiger partial charge in [-0.3, -0.25) is 14.5 Å². The second-order valence-electron chi connectivity index (χ2n) is 7.33. The number of hydrogen-bond acceptors (Lipinski definition) is 3. The lowest BCUT2D eigenvalue weighted by molar-refractivity contribution is -0.131. The monoisotopic (exact) mass is 343 g/mol. The Kier molecular flexibility index (Phi) is 6.08. The Bertz CT molecular complexity index is 584. The molecular weight excluding hydrogens is 314 g/mol. The van der Waals surface area contributed by atoms with E-state index in [0.29, 0.717) is 0 Å². The molecule has 2 N–H and O–H groups in total. The van der Waals surface area contributed by atoms with Gasteiger partial charge >= 0.3 is 0 Å². The standard InChI is InChI=1S/C20H29N3O2/c1-15(19(24)22-17-10-5-6-11-17)21-20(25)18-12-7-13-23(18)14-16-8-3-2-4-9-16/h2-4,8-9,15,17-18H,5-7,10-14H2,1H3,(H,21,25)(H,22,24)/t15-,18-/m0/s1. The summed E-state index contributed by atoms with van der Waals surface area (Å²) in [6.45, 7) is 3.48. The van der Waals surface area contributed by atoms with Gasteiger partial charge in [-0.2, -0.15) is 0 Å². The smallest absolute Gasteiger partial charge is 0.242 e. The van der Waals surface area contributed by atoms with E-state index in [9.17, 15) is 9.59 Å². The van der Waals surface area contributed by atoms with Gasteiger partial charge in [-0.1, -0.05) is 43.2 Å². The summed E-state index contributed by atoms with van der Waals surface area (Å²) in [5, 5.41) is 5.98. The van der Waals surface area contributed by atoms with Gasteiger partial charge in [0.05, 0.1) is 6.04 Å². The molecule has 2 fully saturated rings. The third-order valence-electron chi connectivity index (χ3n) is 5.35. The molecule has 136 valence electrons. The molecular formula is C20H29N3O2. The van der Waals surface area contributed by atoms with Crippen LogP contribution in [0.3, 0.4) is 0 Å². The Hall–Kier alpha value is -1.88. The highest BCUT2D eigenvalue weighted by Crippen LogP contribution is 2.21. The van der Waals surface area contributed by atoms with Gasteiger partial charge in [0.2, 0.25) is 11.8 Å². The molecule has 1 aliphatic carbocycles. The van der Waals surface area contributed by atoms with E-state index >= 15 is 0 Å². The van der Waals surface area contributed by atoms with Gasteiger partial charge in [0.15, 0.2) is 0 Å². The van der Waals surface area contributed by atoms with E-state index in [1.54, 1.807) is 6.92 Å². The largest absolute Gasteiger partial charge is 0.352 e. The van der Waals surface area contributed by atoms with Crippen molar-refractivity contribution in [3.63, 3.8) is 0 Å². The molecule has 0 radical (unpaired) electrons. The number of rotatable bonds is 6. The van der Waals surface area contributed by atoms with Crippen molar-refractivity contribution in [1.82, 2.24) is 15.5 Å². The van der Waals surface area contributed by atoms with Gasteiger partial charge in [-0.05, 0) is 44.7 Å². The van der Waals surface area contributed by atoms with E-state index < -0.39 is 6.04 Å². The molecule has 1 aromatic rings. The zero-order valence-corrected chi connectivity index (χ0v) is 15.0. The first-order chi connectivity index (χ1) is 12.1. The van der Waals surface area contributed by atoms with Crippen molar-refractivity contribution >= 4 is 11.8 Å². The zero-order chi connectivity index (χ0) is 17.6. The molecule has 1 aromatic carbocycles. The first-order valence-electron chi connectivity index (χ1n) is 9.52. The third-order valence-corrected chi connectivity index (χ3v) is 5.35. The third kappa shape index (κ3) is 4.82. The van der Waals surface area contributed by atoms with Crippen molar-refractivity contribution in [3.05, 3.63) is 35.9 Å². The summed E-state index contributed by atoms with van der Waals surface area (Å²) in [5.41, 5.74) is 1.22. The average molecular weight is 343 g/mol. The Morgan fingerprint density at radius 2 is 1.84 bits per heavy atom. The van der Waals surface area contributed by atoms with Crippen LogP contribution in [0.4, 0.5) is 0 Å². The summed E-state index contributed by atoms with van der Waals surface area (Å²) in [6.07, 6.45) is 6.35. The quantitative estimate of drug-likeness (QED) is 0.832. The minimum atomic E-state index is -0.479. The molecule has 5 heteroatoms. The Morgan fingerprint density at radius 3 is 2.56 bits per heavy atom. The number of benzene rings is 1. The molecule has 2 atom stereocenters. The maximum atomic E-state index is 12.7. The molecule has 25 heavy (non-hydrogen) atoms. The highest BCUT2D eigenvalue weighted by Gasteiger charge is 2.32. The van der Waals surface area contributed by atoms with Crippen molar-refractivity contribution in [2.45, 2.75) is 70.1 Å². The van der Waals surface area contributed by atoms with Crippen LogP contribution in [0.15, 0.2) is 30.3 Å². The van der Waals surface area contributed by atoms with Crippen LogP contribution in [0, 0.1) is 0 Å². The van der Waals surface area contributed by atoms with E-state index in [2.05, 4.69) is 27.7 Å². The summed E-state index contributed by atoms with van der Waals surface area (Å²) >= 11 is 0. The number of carbonyl (C=O) groups excluding carboxylic acids is 2. The van der Waals surface area contributed by atoms with Crippen molar-refractivity contribution in [1.29, 1.82) is 0 Å². The molecule has 2 aliphatic rings. The molecule has 3 rings (SSSR count). The van der Waals surface area contributed by atoms with E-state index in [-0.39, 0.29) is 23.9 Å². The van der Waals surface area contributed by atoms with Crippen LogP contribution in [0.1, 0.15) is 51.0 Å². The van der Waals surface area contributed by atoms with Gasteiger partial charge in [0.25, 0.3) is 0 Å². The van der Waals surface area contributed by atoms with E-state index in [0.717, 1.165) is 38.8 Å². The lowest BCUT2D eigenvalue weighted by Crippen LogP contribution is -2.52. The second-order valence-corrected chi connectivity index (χ2v) is 7.33. The number of likely N-dealkylation sites (tertiary alicyclic amines) is 1. The van der Waals surface area contributed by atoms with Gasteiger partial charge in [0, 0.05) is 12.6 Å². The highest BCUT2D eigenvalue weighted by atomic mass is 16.2. The fourth-order valence-corrected chi connectivity index (χ4v) is 3.90. The van der Waals surface area contributed by atoms with Crippen molar-refractivity contribution in [3.8, 4) is 0 Å². The zero-order valence-electron chi connectivity index (χ0n) is 15.0. The Morgan fingerprint density at radius 1 is 1.12 bits per heavy atom. The number of carbonyl (C=O) groups is 2. The number of hydrogen-bond donors (Lipinski definition) is 2. The van der Waals surface area contributed by atoms with Gasteiger partial charge in [0.1, 0.15) is 6.04 Å². The number of nitrogens with zero attached hydrogens (tertiary/aromatic N) is 1. The van der Waals surface area contributed by atoms with Crippen LogP contribution in [-0.4, -0.2) is 41.4 Å². The van der Waals surface area contributed by atoms with Crippen molar-refractivity contribution in [2.75, 3.05) is 6.54 Å². The molecule has 0 spiro atoms. The van der Waals surface area contributed by atoms with Crippen LogP contribution >= 0.6 is 0 Å². The van der Waals surface area contributed by atoms with E-state index in [1.807, 2.05) is 18.2 Å². The minimum absolute atomic E-state index is 0.0255. The Balaban J connectivity index is 1.51. The van der Waals surface area contributed by atoms with Gasteiger partial charge in [-0.25, -0.2) is 0 Å². The van der Waals surface area contributed by atoms with Crippen LogP contribution < -0.4 is 10.6 Å². The predicted molar refractivity (Wildman–Crippen MR) is 97.9 cm³/mol. The first kappa shape index (κ1) is 17.9. The molecule has 0 aromatic heterocycles. The fraction of sp³-hybridized carbons (Fsp3) is 0.600. The Labute approximate surface area is 150 Å². The summed E-state index contributed by atoms with van der Waals surface area (Å²) in [4.78, 5) is 27.2. The van der Waals surface area contributed by atoms with Crippen molar-refractivity contribution < 1.29 is 9.59 Å². The summed E-state index contributed by atoms with van der Waals surface area (Å²) < 4.78 is 0. The predicted octanol–water partition coefficient (Wildman–Crippen LogP) is 2.21. The molecule has 1 heterocycles. The number of amides is 2. The molecule has 1 saturated heterocycles. The average Bonchev–Trinajstić information content (AvgIpc) is 3.27. The van der Waals surface area contributed by atoms with E-state index in [1.165, 1.54) is 18.4 Å². The maximum absolute atomic E-state index is 12.7. The van der Waals surface area contributed by atoms with Gasteiger partial charge in [-0.15, -0.1) is 0 Å². The van der Waals surface area contributed by atoms with Crippen LogP contribution in [0.2, 0.25) is 0 Å². The second kappa shape index (κ2) is 8.48. The highest BCUT2D eigenvalue weighted by molar-refractivity contribution is 5.89. The minimum Gasteiger partial charge on any atom is -0.352 e. The van der Waals surface area contributed by atoms with Crippen LogP contribution in [0.5, 0.6) is 0 Å². The first-order valence-corrected chi connectivity index (χ1v) is 9.52. The summed E-state index contributed by atoms with van der Waals surface area (Å²) in [7, 11) is 0. The fourth-order valence-electron chi connectivity index (χ4n) is 3.90. The molecule has 1 saturated carbocycles. The molecule has 2 amide bonds. The summed E-state index contributed by atoms with van der Waals surface area (Å²) in [5.74, 6) is -0.0876. The summed E-state index contributed by atoms with van der Waals surface area (Å²) in [6, 6.07) is 9.89. The topological polar surface area (TPSA) is 61.4 Å². The normalized spacial score (nSPS) is 22.7. The molecule has 1 aliphatic heterocycles. The van der Waals surface area contributed by atoms with Gasteiger partial charge < -0.3 is 10.6 Å². The van der Waals surface area contributed by atoms with Crippen LogP contribution in [0.25, 0.3) is 0 Å². The lowest BCUT2D eigenvalue weighted by atomic mass is 10.1. The SMILES string of the molecule is C[C@H](NC(=O)[C@@H]1CCCN1Cc1ccccc1)C(=O)NC1CCCC1. The maximum Gasteiger partial charge on any atom is 0.242 e.